The molecule has 0 fully saturated rings. The van der Waals surface area contributed by atoms with Crippen LogP contribution in [0, 0.1) is 0 Å². The first-order chi connectivity index (χ1) is 11.3. The van der Waals surface area contributed by atoms with E-state index in [0.29, 0.717) is 5.02 Å². The van der Waals surface area contributed by atoms with Crippen LogP contribution >= 0.6 is 23.4 Å². The van der Waals surface area contributed by atoms with Crippen molar-refractivity contribution in [1.29, 1.82) is 0 Å². The Balaban J connectivity index is 1.89. The minimum Gasteiger partial charge on any atom is -0.246 e. The summed E-state index contributed by atoms with van der Waals surface area (Å²) in [5.74, 6) is 0.927. The van der Waals surface area contributed by atoms with Crippen molar-refractivity contribution in [3.8, 4) is 0 Å². The molecular formula is C20H14ClNS. The number of nitrogens with zero attached hydrogens (tertiary/aromatic N) is 1. The number of halogens is 1. The third-order valence-electron chi connectivity index (χ3n) is 3.84. The fourth-order valence-electron chi connectivity index (χ4n) is 2.73. The molecule has 0 aliphatic heterocycles. The van der Waals surface area contributed by atoms with Gasteiger partial charge in [-0.25, -0.2) is 4.98 Å². The summed E-state index contributed by atoms with van der Waals surface area (Å²) in [6.07, 6.45) is 0. The number of fused-ring (bicyclic) bond motifs is 2. The number of aromatic nitrogens is 1. The average Bonchev–Trinajstić information content (AvgIpc) is 2.60. The molecule has 0 N–H and O–H groups in total. The Labute approximate surface area is 144 Å². The van der Waals surface area contributed by atoms with Crippen LogP contribution in [0.3, 0.4) is 0 Å². The van der Waals surface area contributed by atoms with Crippen LogP contribution in [0.25, 0.3) is 21.8 Å². The van der Waals surface area contributed by atoms with Gasteiger partial charge in [-0.05, 0) is 17.7 Å². The number of hydrogen-bond donors (Lipinski definition) is 0. The topological polar surface area (TPSA) is 12.9 Å². The van der Waals surface area contributed by atoms with Gasteiger partial charge in [0.25, 0.3) is 0 Å². The highest BCUT2D eigenvalue weighted by Crippen LogP contribution is 2.37. The number of pyridine rings is 1. The van der Waals surface area contributed by atoms with Gasteiger partial charge in [0.05, 0.1) is 16.1 Å². The predicted molar refractivity (Wildman–Crippen MR) is 100 cm³/mol. The number of benzene rings is 3. The normalized spacial score (nSPS) is 11.2. The summed E-state index contributed by atoms with van der Waals surface area (Å²) in [5.41, 5.74) is 3.18. The lowest BCUT2D eigenvalue weighted by Gasteiger charge is -2.11. The number of rotatable bonds is 3. The van der Waals surface area contributed by atoms with Gasteiger partial charge < -0.3 is 0 Å². The Kier molecular flexibility index (Phi) is 3.94. The zero-order valence-electron chi connectivity index (χ0n) is 12.4. The Hall–Kier alpha value is -2.03. The zero-order chi connectivity index (χ0) is 15.6. The molecule has 0 aliphatic carbocycles. The molecule has 0 unspecified atom stereocenters. The first kappa shape index (κ1) is 14.6. The Morgan fingerprint density at radius 2 is 1.52 bits per heavy atom. The minimum atomic E-state index is 0.704. The molecule has 1 aromatic heterocycles. The predicted octanol–water partition coefficient (Wildman–Crippen LogP) is 6.33. The molecule has 112 valence electrons. The first-order valence-corrected chi connectivity index (χ1v) is 8.83. The monoisotopic (exact) mass is 335 g/mol. The molecule has 3 aromatic carbocycles. The van der Waals surface area contributed by atoms with E-state index < -0.39 is 0 Å². The van der Waals surface area contributed by atoms with E-state index in [1.54, 1.807) is 0 Å². The summed E-state index contributed by atoms with van der Waals surface area (Å²) in [7, 11) is 0. The third kappa shape index (κ3) is 2.80. The smallest absolute Gasteiger partial charge is 0.0907 e. The van der Waals surface area contributed by atoms with Crippen molar-refractivity contribution in [2.75, 3.05) is 0 Å². The molecule has 1 heterocycles. The van der Waals surface area contributed by atoms with Gasteiger partial charge in [0.1, 0.15) is 0 Å². The summed E-state index contributed by atoms with van der Waals surface area (Å²) in [4.78, 5) is 5.99. The molecule has 23 heavy (non-hydrogen) atoms. The summed E-state index contributed by atoms with van der Waals surface area (Å²) in [6, 6.07) is 24.8. The maximum atomic E-state index is 6.37. The largest absolute Gasteiger partial charge is 0.246 e. The van der Waals surface area contributed by atoms with Gasteiger partial charge in [-0.2, -0.15) is 0 Å². The highest BCUT2D eigenvalue weighted by Gasteiger charge is 2.11. The van der Waals surface area contributed by atoms with Gasteiger partial charge in [0.2, 0.25) is 0 Å². The van der Waals surface area contributed by atoms with E-state index in [1.807, 2.05) is 42.1 Å². The van der Waals surface area contributed by atoms with Gasteiger partial charge in [-0.3, -0.25) is 0 Å². The van der Waals surface area contributed by atoms with Gasteiger partial charge in [0.15, 0.2) is 0 Å². The number of hydrogen-bond acceptors (Lipinski definition) is 2. The average molecular weight is 336 g/mol. The van der Waals surface area contributed by atoms with Gasteiger partial charge >= 0.3 is 0 Å². The summed E-state index contributed by atoms with van der Waals surface area (Å²) < 4.78 is 0. The molecule has 0 bridgehead atoms. The Morgan fingerprint density at radius 3 is 2.39 bits per heavy atom. The van der Waals surface area contributed by atoms with Crippen LogP contribution in [-0.4, -0.2) is 4.98 Å². The Morgan fingerprint density at radius 1 is 0.783 bits per heavy atom. The summed E-state index contributed by atoms with van der Waals surface area (Å²) in [6.45, 7) is 0. The summed E-state index contributed by atoms with van der Waals surface area (Å²) >= 11 is 8.22. The summed E-state index contributed by atoms with van der Waals surface area (Å²) in [5, 5.41) is 3.01. The lowest BCUT2D eigenvalue weighted by Crippen LogP contribution is -1.89. The highest BCUT2D eigenvalue weighted by molar-refractivity contribution is 7.99. The van der Waals surface area contributed by atoms with Crippen LogP contribution in [0.1, 0.15) is 5.56 Å². The van der Waals surface area contributed by atoms with Gasteiger partial charge in [-0.15, -0.1) is 11.8 Å². The van der Waals surface area contributed by atoms with Gasteiger partial charge in [-0.1, -0.05) is 72.3 Å². The van der Waals surface area contributed by atoms with E-state index in [9.17, 15) is 0 Å². The molecule has 0 radical (unpaired) electrons. The second kappa shape index (κ2) is 6.23. The molecule has 4 rings (SSSR count). The van der Waals surface area contributed by atoms with Crippen LogP contribution in [0.15, 0.2) is 77.7 Å². The molecule has 0 saturated carbocycles. The first-order valence-electron chi connectivity index (χ1n) is 7.46. The van der Waals surface area contributed by atoms with Crippen molar-refractivity contribution in [2.45, 2.75) is 10.6 Å². The van der Waals surface area contributed by atoms with Crippen LogP contribution in [0.5, 0.6) is 0 Å². The third-order valence-corrected chi connectivity index (χ3v) is 5.35. The molecular weight excluding hydrogens is 322 g/mol. The standard InChI is InChI=1S/C20H14ClNS/c21-17-11-6-10-16-19(17)22-18-12-5-4-9-15(18)20(16)23-13-14-7-2-1-3-8-14/h1-12H,13H2. The van der Waals surface area contributed by atoms with E-state index in [4.69, 9.17) is 16.6 Å². The van der Waals surface area contributed by atoms with Crippen molar-refractivity contribution in [3.63, 3.8) is 0 Å². The molecule has 1 nitrogen and oxygen atoms in total. The van der Waals surface area contributed by atoms with Crippen molar-refractivity contribution < 1.29 is 0 Å². The quantitative estimate of drug-likeness (QED) is 0.320. The molecule has 0 saturated heterocycles. The van der Waals surface area contributed by atoms with Crippen LogP contribution in [-0.2, 0) is 5.75 Å². The van der Waals surface area contributed by atoms with Crippen LogP contribution in [0.4, 0.5) is 0 Å². The van der Waals surface area contributed by atoms with Crippen LogP contribution < -0.4 is 0 Å². The van der Waals surface area contributed by atoms with Gasteiger partial charge in [0, 0.05) is 21.4 Å². The van der Waals surface area contributed by atoms with E-state index in [1.165, 1.54) is 15.8 Å². The SMILES string of the molecule is Clc1cccc2c(SCc3ccccc3)c3ccccc3nc12. The van der Waals surface area contributed by atoms with E-state index >= 15 is 0 Å². The molecule has 0 atom stereocenters. The fourth-order valence-corrected chi connectivity index (χ4v) is 4.09. The lowest BCUT2D eigenvalue weighted by atomic mass is 10.1. The second-order valence-electron chi connectivity index (χ2n) is 5.37. The molecule has 0 amide bonds. The molecule has 3 heteroatoms. The highest BCUT2D eigenvalue weighted by atomic mass is 35.5. The Bertz CT molecular complexity index is 983. The molecule has 4 aromatic rings. The fraction of sp³-hybridized carbons (Fsp3) is 0.0500. The number of para-hydroxylation sites is 2. The van der Waals surface area contributed by atoms with E-state index in [2.05, 4.69) is 42.5 Å². The van der Waals surface area contributed by atoms with Crippen molar-refractivity contribution in [1.82, 2.24) is 4.98 Å². The van der Waals surface area contributed by atoms with E-state index in [-0.39, 0.29) is 0 Å². The van der Waals surface area contributed by atoms with Crippen LogP contribution in [0.2, 0.25) is 5.02 Å². The van der Waals surface area contributed by atoms with Crippen molar-refractivity contribution >= 4 is 45.2 Å². The maximum Gasteiger partial charge on any atom is 0.0907 e. The maximum absolute atomic E-state index is 6.37. The zero-order valence-corrected chi connectivity index (χ0v) is 13.9. The molecule has 0 aliphatic rings. The minimum absolute atomic E-state index is 0.704. The van der Waals surface area contributed by atoms with Crippen molar-refractivity contribution in [2.24, 2.45) is 0 Å². The second-order valence-corrected chi connectivity index (χ2v) is 6.76. The van der Waals surface area contributed by atoms with Crippen molar-refractivity contribution in [3.05, 3.63) is 83.4 Å². The number of thioether (sulfide) groups is 1. The van der Waals surface area contributed by atoms with E-state index in [0.717, 1.165) is 22.2 Å². The molecule has 0 spiro atoms. The lowest BCUT2D eigenvalue weighted by molar-refractivity contribution is 1.40.